The smallest absolute Gasteiger partial charge is 0.289 e. The summed E-state index contributed by atoms with van der Waals surface area (Å²) in [6, 6.07) is 7.67. The summed E-state index contributed by atoms with van der Waals surface area (Å²) in [5, 5.41) is 3.85. The molecule has 6 nitrogen and oxygen atoms in total. The highest BCUT2D eigenvalue weighted by Crippen LogP contribution is 2.09. The highest BCUT2D eigenvalue weighted by atomic mass is 16.2. The fourth-order valence-electron chi connectivity index (χ4n) is 2.74. The Morgan fingerprint density at radius 2 is 2.00 bits per heavy atom. The number of piperazine rings is 1. The fourth-order valence-corrected chi connectivity index (χ4v) is 2.74. The maximum atomic E-state index is 12.1. The zero-order chi connectivity index (χ0) is 16.1. The molecule has 0 saturated carbocycles. The van der Waals surface area contributed by atoms with E-state index in [1.165, 1.54) is 0 Å². The number of nitrogens with one attached hydrogen (secondary N) is 1. The highest BCUT2D eigenvalue weighted by molar-refractivity contribution is 5.92. The lowest BCUT2D eigenvalue weighted by molar-refractivity contribution is 0.0939. The second-order valence-corrected chi connectivity index (χ2v) is 6.01. The molecule has 3 rings (SSSR count). The van der Waals surface area contributed by atoms with Gasteiger partial charge in [0.2, 0.25) is 5.82 Å². The standard InChI is InChI=1S/C17H23N5O/c1-21-9-11-22(12-10-21)8-4-7-18-17(23)16-19-13-14-5-2-3-6-15(14)20-16/h2-3,5-6,13H,4,7-12H2,1H3,(H,18,23). The molecule has 1 aromatic carbocycles. The van der Waals surface area contributed by atoms with Crippen LogP contribution in [0.25, 0.3) is 10.9 Å². The number of para-hydroxylation sites is 1. The summed E-state index contributed by atoms with van der Waals surface area (Å²) < 4.78 is 0. The highest BCUT2D eigenvalue weighted by Gasteiger charge is 2.13. The molecule has 2 aromatic rings. The molecule has 0 aliphatic carbocycles. The van der Waals surface area contributed by atoms with Gasteiger partial charge in [0.1, 0.15) is 0 Å². The molecule has 0 unspecified atom stereocenters. The van der Waals surface area contributed by atoms with Gasteiger partial charge in [-0.15, -0.1) is 0 Å². The number of benzene rings is 1. The van der Waals surface area contributed by atoms with Crippen LogP contribution in [0.3, 0.4) is 0 Å². The summed E-state index contributed by atoms with van der Waals surface area (Å²) >= 11 is 0. The zero-order valence-electron chi connectivity index (χ0n) is 13.5. The summed E-state index contributed by atoms with van der Waals surface area (Å²) in [5.41, 5.74) is 0.796. The topological polar surface area (TPSA) is 61.4 Å². The summed E-state index contributed by atoms with van der Waals surface area (Å²) in [7, 11) is 2.15. The van der Waals surface area contributed by atoms with Gasteiger partial charge in [0.15, 0.2) is 0 Å². The number of rotatable bonds is 5. The minimum absolute atomic E-state index is 0.200. The summed E-state index contributed by atoms with van der Waals surface area (Å²) in [6.07, 6.45) is 2.64. The Labute approximate surface area is 136 Å². The SMILES string of the molecule is CN1CCN(CCCNC(=O)c2ncc3ccccc3n2)CC1. The maximum Gasteiger partial charge on any atom is 0.289 e. The van der Waals surface area contributed by atoms with Crippen LogP contribution in [-0.4, -0.2) is 72.0 Å². The first-order chi connectivity index (χ1) is 11.2. The Balaban J connectivity index is 1.45. The van der Waals surface area contributed by atoms with Gasteiger partial charge in [-0.05, 0) is 26.1 Å². The van der Waals surface area contributed by atoms with Crippen LogP contribution >= 0.6 is 0 Å². The number of aromatic nitrogens is 2. The molecular weight excluding hydrogens is 290 g/mol. The molecule has 1 saturated heterocycles. The van der Waals surface area contributed by atoms with Gasteiger partial charge in [0, 0.05) is 44.3 Å². The second kappa shape index (κ2) is 7.48. The van der Waals surface area contributed by atoms with Crippen molar-refractivity contribution in [2.75, 3.05) is 46.3 Å². The Kier molecular flexibility index (Phi) is 5.15. The number of amides is 1. The average molecular weight is 313 g/mol. The monoisotopic (exact) mass is 313 g/mol. The Bertz CT molecular complexity index is 667. The molecule has 2 heterocycles. The maximum absolute atomic E-state index is 12.1. The number of carbonyl (C=O) groups is 1. The summed E-state index contributed by atoms with van der Waals surface area (Å²) in [4.78, 5) is 25.4. The number of carbonyl (C=O) groups excluding carboxylic acids is 1. The molecule has 23 heavy (non-hydrogen) atoms. The molecule has 0 bridgehead atoms. The number of hydrogen-bond donors (Lipinski definition) is 1. The van der Waals surface area contributed by atoms with Crippen LogP contribution in [0.2, 0.25) is 0 Å². The lowest BCUT2D eigenvalue weighted by Crippen LogP contribution is -2.45. The molecule has 122 valence electrons. The van der Waals surface area contributed by atoms with E-state index in [9.17, 15) is 4.79 Å². The number of nitrogens with zero attached hydrogens (tertiary/aromatic N) is 4. The first kappa shape index (κ1) is 15.8. The van der Waals surface area contributed by atoms with Gasteiger partial charge in [0.25, 0.3) is 5.91 Å². The van der Waals surface area contributed by atoms with Crippen molar-refractivity contribution >= 4 is 16.8 Å². The molecule has 0 radical (unpaired) electrons. The van der Waals surface area contributed by atoms with Crippen molar-refractivity contribution in [3.05, 3.63) is 36.3 Å². The fraction of sp³-hybridized carbons (Fsp3) is 0.471. The van der Waals surface area contributed by atoms with Crippen molar-refractivity contribution < 1.29 is 4.79 Å². The molecule has 1 aliphatic heterocycles. The summed E-state index contributed by atoms with van der Waals surface area (Å²) in [6.45, 7) is 6.14. The average Bonchev–Trinajstić information content (AvgIpc) is 2.59. The van der Waals surface area contributed by atoms with Gasteiger partial charge in [-0.3, -0.25) is 4.79 Å². The minimum Gasteiger partial charge on any atom is -0.349 e. The van der Waals surface area contributed by atoms with Gasteiger partial charge in [-0.1, -0.05) is 18.2 Å². The third-order valence-corrected chi connectivity index (χ3v) is 4.22. The molecule has 6 heteroatoms. The molecule has 1 aliphatic rings. The van der Waals surface area contributed by atoms with Crippen LogP contribution in [0.5, 0.6) is 0 Å². The van der Waals surface area contributed by atoms with E-state index < -0.39 is 0 Å². The number of likely N-dealkylation sites (N-methyl/N-ethyl adjacent to an activating group) is 1. The van der Waals surface area contributed by atoms with Crippen LogP contribution in [0.1, 0.15) is 17.0 Å². The van der Waals surface area contributed by atoms with Gasteiger partial charge >= 0.3 is 0 Å². The molecule has 1 fully saturated rings. The third kappa shape index (κ3) is 4.24. The second-order valence-electron chi connectivity index (χ2n) is 6.01. The number of hydrogen-bond acceptors (Lipinski definition) is 5. The molecule has 1 amide bonds. The van der Waals surface area contributed by atoms with Crippen LogP contribution in [-0.2, 0) is 0 Å². The van der Waals surface area contributed by atoms with Crippen molar-refractivity contribution in [3.8, 4) is 0 Å². The lowest BCUT2D eigenvalue weighted by Gasteiger charge is -2.32. The van der Waals surface area contributed by atoms with Crippen molar-refractivity contribution in [2.45, 2.75) is 6.42 Å². The van der Waals surface area contributed by atoms with Crippen LogP contribution in [0.4, 0.5) is 0 Å². The largest absolute Gasteiger partial charge is 0.349 e. The van der Waals surface area contributed by atoms with E-state index in [0.29, 0.717) is 6.54 Å². The first-order valence-electron chi connectivity index (χ1n) is 8.13. The van der Waals surface area contributed by atoms with E-state index in [2.05, 4.69) is 32.1 Å². The van der Waals surface area contributed by atoms with Crippen LogP contribution in [0.15, 0.2) is 30.5 Å². The minimum atomic E-state index is -0.200. The predicted octanol–water partition coefficient (Wildman–Crippen LogP) is 0.997. The van der Waals surface area contributed by atoms with Crippen LogP contribution in [0, 0.1) is 0 Å². The number of fused-ring (bicyclic) bond motifs is 1. The van der Waals surface area contributed by atoms with E-state index in [-0.39, 0.29) is 11.7 Å². The van der Waals surface area contributed by atoms with Crippen molar-refractivity contribution in [1.29, 1.82) is 0 Å². The zero-order valence-corrected chi connectivity index (χ0v) is 13.5. The summed E-state index contributed by atoms with van der Waals surface area (Å²) in [5.74, 6) is 0.0393. The van der Waals surface area contributed by atoms with E-state index in [1.54, 1.807) is 6.20 Å². The van der Waals surface area contributed by atoms with Gasteiger partial charge < -0.3 is 15.1 Å². The van der Waals surface area contributed by atoms with Crippen molar-refractivity contribution in [1.82, 2.24) is 25.1 Å². The van der Waals surface area contributed by atoms with E-state index >= 15 is 0 Å². The van der Waals surface area contributed by atoms with Crippen LogP contribution < -0.4 is 5.32 Å². The molecule has 0 atom stereocenters. The molecule has 0 spiro atoms. The normalized spacial score (nSPS) is 16.6. The molecule has 1 N–H and O–H groups in total. The first-order valence-corrected chi connectivity index (χ1v) is 8.13. The van der Waals surface area contributed by atoms with Gasteiger partial charge in [-0.2, -0.15) is 0 Å². The lowest BCUT2D eigenvalue weighted by atomic mass is 10.2. The third-order valence-electron chi connectivity index (χ3n) is 4.22. The molecule has 1 aromatic heterocycles. The van der Waals surface area contributed by atoms with Gasteiger partial charge in [0.05, 0.1) is 5.52 Å². The van der Waals surface area contributed by atoms with E-state index in [0.717, 1.165) is 50.0 Å². The Morgan fingerprint density at radius 3 is 2.83 bits per heavy atom. The Morgan fingerprint density at radius 1 is 1.22 bits per heavy atom. The van der Waals surface area contributed by atoms with E-state index in [1.807, 2.05) is 24.3 Å². The van der Waals surface area contributed by atoms with Gasteiger partial charge in [-0.25, -0.2) is 9.97 Å². The Hall–Kier alpha value is -2.05. The quantitative estimate of drug-likeness (QED) is 0.835. The van der Waals surface area contributed by atoms with Crippen molar-refractivity contribution in [3.63, 3.8) is 0 Å². The van der Waals surface area contributed by atoms with E-state index in [4.69, 9.17) is 0 Å². The van der Waals surface area contributed by atoms with Crippen molar-refractivity contribution in [2.24, 2.45) is 0 Å². The molecular formula is C17H23N5O. The predicted molar refractivity (Wildman–Crippen MR) is 90.4 cm³/mol.